The lowest BCUT2D eigenvalue weighted by molar-refractivity contribution is -0.134. The van der Waals surface area contributed by atoms with Crippen LogP contribution in [0.2, 0.25) is 0 Å². The van der Waals surface area contributed by atoms with Gasteiger partial charge in [-0.25, -0.2) is 4.99 Å². The fourth-order valence-corrected chi connectivity index (χ4v) is 4.37. The van der Waals surface area contributed by atoms with Gasteiger partial charge in [-0.3, -0.25) is 4.79 Å². The molecule has 6 nitrogen and oxygen atoms in total. The fraction of sp³-hybridized carbons (Fsp3) is 0.500. The van der Waals surface area contributed by atoms with Crippen molar-refractivity contribution in [3.8, 4) is 0 Å². The second-order valence-electron chi connectivity index (χ2n) is 8.30. The van der Waals surface area contributed by atoms with E-state index in [0.29, 0.717) is 12.5 Å². The summed E-state index contributed by atoms with van der Waals surface area (Å²) >= 11 is 0. The van der Waals surface area contributed by atoms with E-state index in [9.17, 15) is 4.79 Å². The molecule has 7 heteroatoms. The summed E-state index contributed by atoms with van der Waals surface area (Å²) in [5.74, 6) is 2.36. The summed E-state index contributed by atoms with van der Waals surface area (Å²) < 4.78 is 5.42. The van der Waals surface area contributed by atoms with Crippen molar-refractivity contribution in [3.63, 3.8) is 0 Å². The van der Waals surface area contributed by atoms with Crippen molar-refractivity contribution in [1.82, 2.24) is 15.5 Å². The Morgan fingerprint density at radius 2 is 1.90 bits per heavy atom. The first kappa shape index (κ1) is 23.6. The molecular formula is C24H33IN4O2. The van der Waals surface area contributed by atoms with Gasteiger partial charge in [0.15, 0.2) is 5.96 Å². The van der Waals surface area contributed by atoms with Gasteiger partial charge >= 0.3 is 0 Å². The van der Waals surface area contributed by atoms with E-state index < -0.39 is 0 Å². The zero-order valence-electron chi connectivity index (χ0n) is 18.0. The molecule has 0 radical (unpaired) electrons. The molecule has 1 atom stereocenters. The summed E-state index contributed by atoms with van der Waals surface area (Å²) in [6, 6.07) is 14.4. The Kier molecular flexibility index (Phi) is 9.24. The van der Waals surface area contributed by atoms with Gasteiger partial charge < -0.3 is 20.0 Å². The highest BCUT2D eigenvalue weighted by atomic mass is 127. The normalized spacial score (nSPS) is 19.3. The second-order valence-corrected chi connectivity index (χ2v) is 8.30. The number of aliphatic imine (C=N–C) groups is 1. The number of carbonyl (C=O) groups excluding carboxylic acids is 1. The van der Waals surface area contributed by atoms with Gasteiger partial charge in [0.25, 0.3) is 0 Å². The van der Waals surface area contributed by atoms with Crippen LogP contribution in [0.3, 0.4) is 0 Å². The van der Waals surface area contributed by atoms with Crippen LogP contribution in [0.4, 0.5) is 0 Å². The molecule has 0 bridgehead atoms. The van der Waals surface area contributed by atoms with Gasteiger partial charge in [-0.15, -0.1) is 24.0 Å². The van der Waals surface area contributed by atoms with E-state index in [1.165, 1.54) is 18.4 Å². The average Bonchev–Trinajstić information content (AvgIpc) is 3.55. The molecule has 31 heavy (non-hydrogen) atoms. The Morgan fingerprint density at radius 1 is 1.10 bits per heavy atom. The monoisotopic (exact) mass is 536 g/mol. The molecular weight excluding hydrogens is 503 g/mol. The van der Waals surface area contributed by atoms with Crippen molar-refractivity contribution in [2.45, 2.75) is 51.1 Å². The number of hydrogen-bond acceptors (Lipinski definition) is 3. The van der Waals surface area contributed by atoms with Gasteiger partial charge in [0, 0.05) is 38.0 Å². The van der Waals surface area contributed by atoms with E-state index in [1.54, 1.807) is 6.26 Å². The third-order valence-electron chi connectivity index (χ3n) is 6.05. The van der Waals surface area contributed by atoms with E-state index in [2.05, 4.69) is 22.8 Å². The SMILES string of the molecule is I.O=C(C1CCCC1)N1CCC(NC(=NCc2ccccc2)NCCc2ccco2)C1. The van der Waals surface area contributed by atoms with Crippen LogP contribution in [0.15, 0.2) is 58.1 Å². The summed E-state index contributed by atoms with van der Waals surface area (Å²) in [6.45, 7) is 2.96. The summed E-state index contributed by atoms with van der Waals surface area (Å²) in [5, 5.41) is 6.99. The zero-order chi connectivity index (χ0) is 20.6. The van der Waals surface area contributed by atoms with Crippen LogP contribution in [0.5, 0.6) is 0 Å². The van der Waals surface area contributed by atoms with Gasteiger partial charge in [-0.1, -0.05) is 43.2 Å². The van der Waals surface area contributed by atoms with Crippen molar-refractivity contribution in [2.75, 3.05) is 19.6 Å². The van der Waals surface area contributed by atoms with Crippen LogP contribution in [0, 0.1) is 5.92 Å². The molecule has 2 heterocycles. The van der Waals surface area contributed by atoms with Gasteiger partial charge in [-0.05, 0) is 37.0 Å². The molecule has 4 rings (SSSR count). The maximum Gasteiger partial charge on any atom is 0.225 e. The average molecular weight is 536 g/mol. The molecule has 2 fully saturated rings. The van der Waals surface area contributed by atoms with Gasteiger partial charge in [0.1, 0.15) is 5.76 Å². The predicted octanol–water partition coefficient (Wildman–Crippen LogP) is 3.97. The van der Waals surface area contributed by atoms with Gasteiger partial charge in [0.05, 0.1) is 12.8 Å². The third-order valence-corrected chi connectivity index (χ3v) is 6.05. The number of furan rings is 1. The molecule has 1 saturated carbocycles. The number of nitrogens with zero attached hydrogens (tertiary/aromatic N) is 2. The molecule has 2 aliphatic rings. The minimum absolute atomic E-state index is 0. The van der Waals surface area contributed by atoms with Crippen LogP contribution < -0.4 is 10.6 Å². The van der Waals surface area contributed by atoms with Crippen LogP contribution in [-0.4, -0.2) is 42.4 Å². The second kappa shape index (κ2) is 12.1. The molecule has 1 aromatic heterocycles. The van der Waals surface area contributed by atoms with E-state index in [-0.39, 0.29) is 35.9 Å². The third kappa shape index (κ3) is 6.98. The minimum Gasteiger partial charge on any atom is -0.469 e. The van der Waals surface area contributed by atoms with Crippen molar-refractivity contribution in [2.24, 2.45) is 10.9 Å². The number of amides is 1. The predicted molar refractivity (Wildman–Crippen MR) is 133 cm³/mol. The molecule has 1 aliphatic carbocycles. The van der Waals surface area contributed by atoms with E-state index in [1.807, 2.05) is 35.2 Å². The number of guanidine groups is 1. The van der Waals surface area contributed by atoms with Crippen molar-refractivity contribution in [3.05, 3.63) is 60.1 Å². The first-order chi connectivity index (χ1) is 14.8. The molecule has 0 spiro atoms. The summed E-state index contributed by atoms with van der Waals surface area (Å²) in [5.41, 5.74) is 1.18. The van der Waals surface area contributed by atoms with Crippen molar-refractivity contribution < 1.29 is 9.21 Å². The van der Waals surface area contributed by atoms with E-state index in [4.69, 9.17) is 9.41 Å². The molecule has 1 aromatic carbocycles. The maximum absolute atomic E-state index is 12.7. The Bertz CT molecular complexity index is 819. The minimum atomic E-state index is 0. The number of carbonyl (C=O) groups is 1. The van der Waals surface area contributed by atoms with Crippen LogP contribution in [0.25, 0.3) is 0 Å². The van der Waals surface area contributed by atoms with Crippen LogP contribution >= 0.6 is 24.0 Å². The van der Waals surface area contributed by atoms with Crippen LogP contribution in [-0.2, 0) is 17.8 Å². The van der Waals surface area contributed by atoms with Crippen LogP contribution in [0.1, 0.15) is 43.4 Å². The highest BCUT2D eigenvalue weighted by molar-refractivity contribution is 14.0. The maximum atomic E-state index is 12.7. The summed E-state index contributed by atoms with van der Waals surface area (Å²) in [6.07, 6.45) is 7.98. The molecule has 2 aromatic rings. The highest BCUT2D eigenvalue weighted by Crippen LogP contribution is 2.27. The lowest BCUT2D eigenvalue weighted by Gasteiger charge is -2.21. The summed E-state index contributed by atoms with van der Waals surface area (Å²) in [7, 11) is 0. The number of hydrogen-bond donors (Lipinski definition) is 2. The molecule has 1 amide bonds. The summed E-state index contributed by atoms with van der Waals surface area (Å²) in [4.78, 5) is 19.6. The lowest BCUT2D eigenvalue weighted by atomic mass is 10.1. The quantitative estimate of drug-likeness (QED) is 0.319. The fourth-order valence-electron chi connectivity index (χ4n) is 4.37. The molecule has 1 unspecified atom stereocenters. The number of benzene rings is 1. The number of nitrogens with one attached hydrogen (secondary N) is 2. The molecule has 1 aliphatic heterocycles. The van der Waals surface area contributed by atoms with Gasteiger partial charge in [-0.2, -0.15) is 0 Å². The molecule has 168 valence electrons. The first-order valence-corrected chi connectivity index (χ1v) is 11.2. The smallest absolute Gasteiger partial charge is 0.225 e. The molecule has 1 saturated heterocycles. The molecule has 2 N–H and O–H groups in total. The first-order valence-electron chi connectivity index (χ1n) is 11.2. The van der Waals surface area contributed by atoms with E-state index in [0.717, 1.165) is 57.0 Å². The lowest BCUT2D eigenvalue weighted by Crippen LogP contribution is -2.46. The Labute approximate surface area is 201 Å². The number of likely N-dealkylation sites (tertiary alicyclic amines) is 1. The van der Waals surface area contributed by atoms with Crippen molar-refractivity contribution in [1.29, 1.82) is 0 Å². The Morgan fingerprint density at radius 3 is 2.65 bits per heavy atom. The Hall–Kier alpha value is -2.03. The highest BCUT2D eigenvalue weighted by Gasteiger charge is 2.32. The largest absolute Gasteiger partial charge is 0.469 e. The topological polar surface area (TPSA) is 69.9 Å². The van der Waals surface area contributed by atoms with Gasteiger partial charge in [0.2, 0.25) is 5.91 Å². The van der Waals surface area contributed by atoms with E-state index >= 15 is 0 Å². The number of halogens is 1. The standard InChI is InChI=1S/C24H32N4O2.HI/c29-23(20-9-4-5-10-20)28-15-13-21(18-28)27-24(25-14-12-22-11-6-16-30-22)26-17-19-7-2-1-3-8-19;/h1-3,6-8,11,16,20-21H,4-5,9-10,12-15,17-18H2,(H2,25,26,27);1H. The number of rotatable bonds is 7. The zero-order valence-corrected chi connectivity index (χ0v) is 20.3. The Balaban J connectivity index is 0.00000272. The van der Waals surface area contributed by atoms with Crippen molar-refractivity contribution >= 4 is 35.8 Å².